The average Bonchev–Trinajstić information content (AvgIpc) is 3.30. The number of unbranched alkanes of at least 4 members (excludes halogenated alkanes) is 1. The molecule has 0 N–H and O–H groups in total. The number of anilines is 3. The fraction of sp³-hybridized carbons (Fsp3) is 0.135. The van der Waals surface area contributed by atoms with Crippen LogP contribution < -0.4 is 4.90 Å². The number of aromatic nitrogens is 3. The molecule has 41 heavy (non-hydrogen) atoms. The van der Waals surface area contributed by atoms with Crippen LogP contribution in [0.2, 0.25) is 0 Å². The lowest BCUT2D eigenvalue weighted by atomic mass is 10.1. The number of nitrogens with zero attached hydrogens (tertiary/aromatic N) is 4. The predicted octanol–water partition coefficient (Wildman–Crippen LogP) is 9.65. The molecule has 0 amide bonds. The molecule has 5 aromatic rings. The van der Waals surface area contributed by atoms with E-state index in [-0.39, 0.29) is 0 Å². The van der Waals surface area contributed by atoms with E-state index < -0.39 is 0 Å². The zero-order valence-electron chi connectivity index (χ0n) is 23.4. The minimum atomic E-state index is 0.710. The molecule has 0 fully saturated rings. The number of aryl methyl sites for hydroxylation is 1. The van der Waals surface area contributed by atoms with Crippen molar-refractivity contribution in [3.8, 4) is 17.1 Å². The normalized spacial score (nSPS) is 12.7. The van der Waals surface area contributed by atoms with Crippen LogP contribution in [0.1, 0.15) is 37.6 Å². The number of hydrogen-bond donors (Lipinski definition) is 0. The molecule has 4 heteroatoms. The van der Waals surface area contributed by atoms with Crippen LogP contribution in [-0.2, 0) is 6.42 Å². The molecule has 1 aliphatic carbocycles. The molecule has 1 aromatic heterocycles. The minimum absolute atomic E-state index is 0.710. The summed E-state index contributed by atoms with van der Waals surface area (Å²) in [4.78, 5) is 7.29. The Morgan fingerprint density at radius 2 is 1.39 bits per heavy atom. The predicted molar refractivity (Wildman–Crippen MR) is 171 cm³/mol. The second-order valence-electron chi connectivity index (χ2n) is 10.2. The van der Waals surface area contributed by atoms with Crippen molar-refractivity contribution < 1.29 is 0 Å². The van der Waals surface area contributed by atoms with Crippen LogP contribution in [0.5, 0.6) is 0 Å². The van der Waals surface area contributed by atoms with Crippen molar-refractivity contribution in [2.75, 3.05) is 4.90 Å². The Kier molecular flexibility index (Phi) is 8.00. The quantitative estimate of drug-likeness (QED) is 0.189. The Hall–Kier alpha value is -4.96. The minimum Gasteiger partial charge on any atom is -0.311 e. The summed E-state index contributed by atoms with van der Waals surface area (Å²) in [7, 11) is 0. The van der Waals surface area contributed by atoms with E-state index in [1.165, 1.54) is 18.4 Å². The van der Waals surface area contributed by atoms with E-state index in [0.717, 1.165) is 52.6 Å². The van der Waals surface area contributed by atoms with Crippen LogP contribution in [0.15, 0.2) is 140 Å². The van der Waals surface area contributed by atoms with Crippen molar-refractivity contribution in [1.29, 1.82) is 0 Å². The molecule has 0 saturated carbocycles. The molecule has 4 aromatic carbocycles. The SMILES string of the molecule is CCCCc1ccc(N(c2ccccc2)c2ccc(-n3nc(-c4ccccc4)nc3C3=CC=CCC=C3)cc2)cc1. The summed E-state index contributed by atoms with van der Waals surface area (Å²) < 4.78 is 1.96. The molecule has 202 valence electrons. The van der Waals surface area contributed by atoms with Gasteiger partial charge in [0.2, 0.25) is 0 Å². The van der Waals surface area contributed by atoms with E-state index >= 15 is 0 Å². The van der Waals surface area contributed by atoms with Gasteiger partial charge in [-0.05, 0) is 73.4 Å². The highest BCUT2D eigenvalue weighted by Crippen LogP contribution is 2.35. The van der Waals surface area contributed by atoms with Crippen LogP contribution in [0.3, 0.4) is 0 Å². The zero-order chi connectivity index (χ0) is 27.9. The van der Waals surface area contributed by atoms with Gasteiger partial charge in [0.1, 0.15) is 0 Å². The van der Waals surface area contributed by atoms with Gasteiger partial charge >= 0.3 is 0 Å². The van der Waals surface area contributed by atoms with E-state index in [9.17, 15) is 0 Å². The van der Waals surface area contributed by atoms with E-state index in [2.05, 4.69) is 133 Å². The lowest BCUT2D eigenvalue weighted by molar-refractivity contribution is 0.795. The van der Waals surface area contributed by atoms with Crippen LogP contribution in [0, 0.1) is 0 Å². The first-order chi connectivity index (χ1) is 20.3. The number of benzene rings is 4. The summed E-state index contributed by atoms with van der Waals surface area (Å²) in [6, 6.07) is 38.2. The van der Waals surface area contributed by atoms with Crippen LogP contribution in [0.4, 0.5) is 17.1 Å². The average molecular weight is 535 g/mol. The maximum absolute atomic E-state index is 4.99. The van der Waals surface area contributed by atoms with Gasteiger partial charge in [0, 0.05) is 28.2 Å². The van der Waals surface area contributed by atoms with Gasteiger partial charge < -0.3 is 4.90 Å². The number of allylic oxidation sites excluding steroid dienone is 6. The molecule has 4 nitrogen and oxygen atoms in total. The molecule has 0 bridgehead atoms. The molecule has 1 heterocycles. The topological polar surface area (TPSA) is 34.0 Å². The van der Waals surface area contributed by atoms with Gasteiger partial charge in [-0.15, -0.1) is 5.10 Å². The maximum atomic E-state index is 4.99. The van der Waals surface area contributed by atoms with E-state index in [1.807, 2.05) is 22.9 Å². The molecule has 0 unspecified atom stereocenters. The highest BCUT2D eigenvalue weighted by Gasteiger charge is 2.17. The van der Waals surface area contributed by atoms with Crippen molar-refractivity contribution in [2.24, 2.45) is 0 Å². The van der Waals surface area contributed by atoms with Crippen molar-refractivity contribution in [3.63, 3.8) is 0 Å². The van der Waals surface area contributed by atoms with E-state index in [0.29, 0.717) is 5.82 Å². The van der Waals surface area contributed by atoms with Gasteiger partial charge in [-0.2, -0.15) is 0 Å². The highest BCUT2D eigenvalue weighted by molar-refractivity contribution is 5.78. The standard InChI is InChI=1S/C37H34N4/c1-2-3-14-29-21-23-33(24-22-29)40(32-19-12-7-13-20-32)34-25-27-35(28-26-34)41-37(31-17-8-4-5-9-18-31)38-36(39-41)30-15-10-6-11-16-30/h4,6-13,15-28H,2-3,5,14H2,1H3. The van der Waals surface area contributed by atoms with Gasteiger partial charge in [-0.1, -0.05) is 104 Å². The third-order valence-electron chi connectivity index (χ3n) is 7.26. The van der Waals surface area contributed by atoms with Gasteiger partial charge in [0.15, 0.2) is 11.6 Å². The third-order valence-corrected chi connectivity index (χ3v) is 7.26. The first-order valence-electron chi connectivity index (χ1n) is 14.4. The smallest absolute Gasteiger partial charge is 0.182 e. The molecule has 0 saturated heterocycles. The first kappa shape index (κ1) is 26.3. The molecule has 1 aliphatic rings. The molecular weight excluding hydrogens is 500 g/mol. The second-order valence-corrected chi connectivity index (χ2v) is 10.2. The van der Waals surface area contributed by atoms with E-state index in [4.69, 9.17) is 10.1 Å². The largest absolute Gasteiger partial charge is 0.311 e. The lowest BCUT2D eigenvalue weighted by Gasteiger charge is -2.26. The number of rotatable bonds is 9. The summed E-state index contributed by atoms with van der Waals surface area (Å²) in [6.45, 7) is 2.24. The molecule has 0 radical (unpaired) electrons. The van der Waals surface area contributed by atoms with Crippen molar-refractivity contribution in [2.45, 2.75) is 32.6 Å². The Morgan fingerprint density at radius 3 is 2.10 bits per heavy atom. The maximum Gasteiger partial charge on any atom is 0.182 e. The molecular formula is C37H34N4. The number of para-hydroxylation sites is 1. The molecule has 0 spiro atoms. The number of hydrogen-bond acceptors (Lipinski definition) is 3. The van der Waals surface area contributed by atoms with Crippen LogP contribution in [0.25, 0.3) is 22.6 Å². The lowest BCUT2D eigenvalue weighted by Crippen LogP contribution is -2.10. The summed E-state index contributed by atoms with van der Waals surface area (Å²) in [5, 5.41) is 4.97. The Labute approximate surface area is 242 Å². The Bertz CT molecular complexity index is 1660. The molecule has 0 aliphatic heterocycles. The summed E-state index contributed by atoms with van der Waals surface area (Å²) >= 11 is 0. The summed E-state index contributed by atoms with van der Waals surface area (Å²) in [5.41, 5.74) is 7.71. The third kappa shape index (κ3) is 5.97. The second kappa shape index (κ2) is 12.5. The van der Waals surface area contributed by atoms with E-state index in [1.54, 1.807) is 0 Å². The summed E-state index contributed by atoms with van der Waals surface area (Å²) in [6.07, 6.45) is 15.1. The summed E-state index contributed by atoms with van der Waals surface area (Å²) in [5.74, 6) is 1.53. The van der Waals surface area contributed by atoms with Gasteiger partial charge in [0.25, 0.3) is 0 Å². The van der Waals surface area contributed by atoms with Gasteiger partial charge in [0.05, 0.1) is 5.69 Å². The van der Waals surface area contributed by atoms with Crippen molar-refractivity contribution >= 4 is 22.6 Å². The van der Waals surface area contributed by atoms with Gasteiger partial charge in [-0.25, -0.2) is 9.67 Å². The highest BCUT2D eigenvalue weighted by atomic mass is 15.4. The molecule has 6 rings (SSSR count). The Balaban J connectivity index is 1.39. The first-order valence-corrected chi connectivity index (χ1v) is 14.4. The van der Waals surface area contributed by atoms with Crippen molar-refractivity contribution in [1.82, 2.24) is 14.8 Å². The van der Waals surface area contributed by atoms with Crippen LogP contribution in [-0.4, -0.2) is 14.8 Å². The monoisotopic (exact) mass is 534 g/mol. The van der Waals surface area contributed by atoms with Crippen molar-refractivity contribution in [3.05, 3.63) is 151 Å². The fourth-order valence-electron chi connectivity index (χ4n) is 5.08. The zero-order valence-corrected chi connectivity index (χ0v) is 23.4. The van der Waals surface area contributed by atoms with Crippen LogP contribution >= 0.6 is 0 Å². The molecule has 0 atom stereocenters. The fourth-order valence-corrected chi connectivity index (χ4v) is 5.08. The van der Waals surface area contributed by atoms with Gasteiger partial charge in [-0.3, -0.25) is 0 Å². The Morgan fingerprint density at radius 1 is 0.732 bits per heavy atom.